The number of ether oxygens (including phenoxy) is 2. The Morgan fingerprint density at radius 2 is 1.95 bits per heavy atom. The molecular weight excluding hydrogens is 302 g/mol. The summed E-state index contributed by atoms with van der Waals surface area (Å²) in [5.41, 5.74) is 1.11. The van der Waals surface area contributed by atoms with Gasteiger partial charge in [0, 0.05) is 18.6 Å². The number of benzene rings is 1. The van der Waals surface area contributed by atoms with Crippen molar-refractivity contribution in [2.24, 2.45) is 5.92 Å². The molecule has 2 atom stereocenters. The highest BCUT2D eigenvalue weighted by Gasteiger charge is 2.39. The van der Waals surface area contributed by atoms with Gasteiger partial charge in [0.15, 0.2) is 0 Å². The highest BCUT2D eigenvalue weighted by Crippen LogP contribution is 2.28. The molecule has 1 aliphatic carbocycles. The Morgan fingerprint density at radius 1 is 1.23 bits per heavy atom. The monoisotopic (exact) mass is 325 g/mol. The Balaban J connectivity index is 1.71. The first-order chi connectivity index (χ1) is 10.6. The summed E-state index contributed by atoms with van der Waals surface area (Å²) in [6, 6.07) is 7.96. The average Bonchev–Trinajstić information content (AvgIpc) is 3.32. The molecule has 2 aliphatic rings. The molecule has 1 aromatic carbocycles. The highest BCUT2D eigenvalue weighted by molar-refractivity contribution is 7.90. The molecule has 1 N–H and O–H groups in total. The lowest BCUT2D eigenvalue weighted by Gasteiger charge is -2.31. The Morgan fingerprint density at radius 3 is 2.59 bits per heavy atom. The summed E-state index contributed by atoms with van der Waals surface area (Å²) in [5, 5.41) is -0.357. The van der Waals surface area contributed by atoms with E-state index in [1.807, 2.05) is 24.3 Å². The fourth-order valence-corrected chi connectivity index (χ4v) is 4.92. The van der Waals surface area contributed by atoms with Gasteiger partial charge in [0.2, 0.25) is 10.0 Å². The number of rotatable bonds is 6. The third-order valence-corrected chi connectivity index (χ3v) is 6.45. The first-order valence-corrected chi connectivity index (χ1v) is 9.35. The SMILES string of the molecule is COc1ccc(CC2COCCC2S(=O)(=O)NC2CC2)cc1. The van der Waals surface area contributed by atoms with Gasteiger partial charge in [0.25, 0.3) is 0 Å². The van der Waals surface area contributed by atoms with Gasteiger partial charge in [-0.1, -0.05) is 12.1 Å². The summed E-state index contributed by atoms with van der Waals surface area (Å²) in [4.78, 5) is 0. The Kier molecular flexibility index (Phi) is 4.70. The van der Waals surface area contributed by atoms with Gasteiger partial charge in [-0.15, -0.1) is 0 Å². The van der Waals surface area contributed by atoms with Gasteiger partial charge in [-0.2, -0.15) is 0 Å². The van der Waals surface area contributed by atoms with Crippen LogP contribution < -0.4 is 9.46 Å². The summed E-state index contributed by atoms with van der Waals surface area (Å²) >= 11 is 0. The summed E-state index contributed by atoms with van der Waals surface area (Å²) in [6.45, 7) is 1.03. The second-order valence-electron chi connectivity index (χ2n) is 6.15. The summed E-state index contributed by atoms with van der Waals surface area (Å²) in [7, 11) is -1.62. The zero-order valence-corrected chi connectivity index (χ0v) is 13.6. The van der Waals surface area contributed by atoms with Crippen molar-refractivity contribution in [1.82, 2.24) is 4.72 Å². The minimum atomic E-state index is -3.26. The first-order valence-electron chi connectivity index (χ1n) is 7.80. The normalized spacial score (nSPS) is 25.9. The molecule has 1 heterocycles. The number of methoxy groups -OCH3 is 1. The molecule has 0 aromatic heterocycles. The topological polar surface area (TPSA) is 64.6 Å². The van der Waals surface area contributed by atoms with E-state index in [0.717, 1.165) is 24.2 Å². The van der Waals surface area contributed by atoms with Crippen molar-refractivity contribution in [2.75, 3.05) is 20.3 Å². The maximum Gasteiger partial charge on any atom is 0.215 e. The van der Waals surface area contributed by atoms with Gasteiger partial charge < -0.3 is 9.47 Å². The van der Waals surface area contributed by atoms with Crippen LogP contribution in [-0.4, -0.2) is 40.0 Å². The van der Waals surface area contributed by atoms with Gasteiger partial charge in [0.1, 0.15) is 5.75 Å². The molecule has 0 spiro atoms. The molecule has 0 bridgehead atoms. The highest BCUT2D eigenvalue weighted by atomic mass is 32.2. The van der Waals surface area contributed by atoms with Gasteiger partial charge in [-0.25, -0.2) is 13.1 Å². The van der Waals surface area contributed by atoms with E-state index in [2.05, 4.69) is 4.72 Å². The largest absolute Gasteiger partial charge is 0.497 e. The number of hydrogen-bond donors (Lipinski definition) is 1. The van der Waals surface area contributed by atoms with Gasteiger partial charge in [-0.05, 0) is 43.4 Å². The number of hydrogen-bond acceptors (Lipinski definition) is 4. The van der Waals surface area contributed by atoms with Crippen molar-refractivity contribution in [2.45, 2.75) is 37.0 Å². The predicted molar refractivity (Wildman–Crippen MR) is 84.5 cm³/mol. The van der Waals surface area contributed by atoms with E-state index in [4.69, 9.17) is 9.47 Å². The molecule has 22 heavy (non-hydrogen) atoms. The van der Waals surface area contributed by atoms with E-state index in [1.54, 1.807) is 7.11 Å². The maximum absolute atomic E-state index is 12.6. The van der Waals surface area contributed by atoms with Crippen molar-refractivity contribution in [3.05, 3.63) is 29.8 Å². The van der Waals surface area contributed by atoms with Gasteiger partial charge in [-0.3, -0.25) is 0 Å². The fourth-order valence-electron chi connectivity index (χ4n) is 2.96. The molecular formula is C16H23NO4S. The van der Waals surface area contributed by atoms with E-state index in [9.17, 15) is 8.42 Å². The quantitative estimate of drug-likeness (QED) is 0.865. The van der Waals surface area contributed by atoms with Crippen LogP contribution in [0.4, 0.5) is 0 Å². The first kappa shape index (κ1) is 15.8. The number of nitrogens with one attached hydrogen (secondary N) is 1. The molecule has 2 fully saturated rings. The molecule has 1 aliphatic heterocycles. The summed E-state index contributed by atoms with van der Waals surface area (Å²) < 4.78 is 38.6. The van der Waals surface area contributed by atoms with Crippen LogP contribution in [0.2, 0.25) is 0 Å². The van der Waals surface area contributed by atoms with Crippen molar-refractivity contribution >= 4 is 10.0 Å². The van der Waals surface area contributed by atoms with Crippen LogP contribution in [0.3, 0.4) is 0 Å². The zero-order chi connectivity index (χ0) is 15.6. The van der Waals surface area contributed by atoms with Crippen LogP contribution >= 0.6 is 0 Å². The molecule has 3 rings (SSSR count). The van der Waals surface area contributed by atoms with E-state index in [0.29, 0.717) is 26.1 Å². The lowest BCUT2D eigenvalue weighted by Crippen LogP contribution is -2.45. The second-order valence-corrected chi connectivity index (χ2v) is 8.08. The minimum absolute atomic E-state index is 0.00149. The zero-order valence-electron chi connectivity index (χ0n) is 12.8. The summed E-state index contributed by atoms with van der Waals surface area (Å²) in [5.74, 6) is 0.807. The minimum Gasteiger partial charge on any atom is -0.497 e. The lowest BCUT2D eigenvalue weighted by molar-refractivity contribution is 0.0570. The van der Waals surface area contributed by atoms with Crippen LogP contribution in [0.5, 0.6) is 5.75 Å². The average molecular weight is 325 g/mol. The maximum atomic E-state index is 12.6. The van der Waals surface area contributed by atoms with Crippen LogP contribution in [0.1, 0.15) is 24.8 Å². The van der Waals surface area contributed by atoms with Crippen LogP contribution in [0, 0.1) is 5.92 Å². The molecule has 1 saturated heterocycles. The van der Waals surface area contributed by atoms with E-state index in [1.165, 1.54) is 0 Å². The molecule has 5 nitrogen and oxygen atoms in total. The Labute approximate surface area is 132 Å². The van der Waals surface area contributed by atoms with E-state index in [-0.39, 0.29) is 17.2 Å². The van der Waals surface area contributed by atoms with Gasteiger partial charge in [0.05, 0.1) is 19.0 Å². The van der Waals surface area contributed by atoms with Crippen molar-refractivity contribution in [1.29, 1.82) is 0 Å². The van der Waals surface area contributed by atoms with Crippen LogP contribution in [0.15, 0.2) is 24.3 Å². The molecule has 122 valence electrons. The van der Waals surface area contributed by atoms with Crippen molar-refractivity contribution in [3.63, 3.8) is 0 Å². The molecule has 0 radical (unpaired) electrons. The molecule has 2 unspecified atom stereocenters. The standard InChI is InChI=1S/C16H23NO4S/c1-20-15-6-2-12(3-7-15)10-13-11-21-9-8-16(13)22(18,19)17-14-4-5-14/h2-3,6-7,13-14,16-17H,4-5,8-11H2,1H3. The molecule has 0 amide bonds. The van der Waals surface area contributed by atoms with Gasteiger partial charge >= 0.3 is 0 Å². The number of sulfonamides is 1. The predicted octanol–water partition coefficient (Wildman–Crippen LogP) is 1.72. The van der Waals surface area contributed by atoms with Crippen molar-refractivity contribution < 1.29 is 17.9 Å². The third-order valence-electron chi connectivity index (χ3n) is 4.37. The summed E-state index contributed by atoms with van der Waals surface area (Å²) in [6.07, 6.45) is 3.21. The third kappa shape index (κ3) is 3.80. The lowest BCUT2D eigenvalue weighted by atomic mass is 9.93. The Bertz CT molecular complexity index is 595. The second kappa shape index (κ2) is 6.56. The van der Waals surface area contributed by atoms with E-state index >= 15 is 0 Å². The van der Waals surface area contributed by atoms with E-state index < -0.39 is 10.0 Å². The van der Waals surface area contributed by atoms with Crippen LogP contribution in [-0.2, 0) is 21.2 Å². The molecule has 6 heteroatoms. The fraction of sp³-hybridized carbons (Fsp3) is 0.625. The molecule has 1 aromatic rings. The Hall–Kier alpha value is -1.11. The van der Waals surface area contributed by atoms with Crippen molar-refractivity contribution in [3.8, 4) is 5.75 Å². The molecule has 1 saturated carbocycles. The smallest absolute Gasteiger partial charge is 0.215 e. The van der Waals surface area contributed by atoms with Crippen LogP contribution in [0.25, 0.3) is 0 Å².